The van der Waals surface area contributed by atoms with Gasteiger partial charge < -0.3 is 4.57 Å². The Morgan fingerprint density at radius 2 is 1.76 bits per heavy atom. The van der Waals surface area contributed by atoms with Gasteiger partial charge in [-0.1, -0.05) is 11.8 Å². The lowest BCUT2D eigenvalue weighted by Gasteiger charge is -2.07. The van der Waals surface area contributed by atoms with Crippen LogP contribution in [0.4, 0.5) is 4.39 Å². The van der Waals surface area contributed by atoms with E-state index < -0.39 is 0 Å². The van der Waals surface area contributed by atoms with Gasteiger partial charge in [-0.15, -0.1) is 0 Å². The van der Waals surface area contributed by atoms with Gasteiger partial charge in [0.15, 0.2) is 5.16 Å². The van der Waals surface area contributed by atoms with Gasteiger partial charge in [0.05, 0.1) is 17.8 Å². The summed E-state index contributed by atoms with van der Waals surface area (Å²) in [6.45, 7) is 1.43. The number of hydrogen-bond acceptors (Lipinski definition) is 5. The third-order valence-corrected chi connectivity index (χ3v) is 5.52. The summed E-state index contributed by atoms with van der Waals surface area (Å²) in [6, 6.07) is 10.1. The molecule has 29 heavy (non-hydrogen) atoms. The Kier molecular flexibility index (Phi) is 6.93. The first-order chi connectivity index (χ1) is 14.0. The van der Waals surface area contributed by atoms with Crippen LogP contribution in [0.1, 0.15) is 26.2 Å². The smallest absolute Gasteiger partial charge is 0.168 e. The normalized spacial score (nSPS) is 10.9. The summed E-state index contributed by atoms with van der Waals surface area (Å²) < 4.78 is 15.4. The molecule has 3 aromatic rings. The lowest BCUT2D eigenvalue weighted by atomic mass is 10.1. The highest BCUT2D eigenvalue weighted by Crippen LogP contribution is 2.35. The van der Waals surface area contributed by atoms with Gasteiger partial charge in [0.1, 0.15) is 17.4 Å². The Labute approximate surface area is 173 Å². The van der Waals surface area contributed by atoms with Crippen molar-refractivity contribution >= 4 is 23.3 Å². The second kappa shape index (κ2) is 9.60. The molecule has 1 aromatic carbocycles. The van der Waals surface area contributed by atoms with E-state index in [0.29, 0.717) is 18.6 Å². The third-order valence-electron chi connectivity index (χ3n) is 4.40. The molecule has 2 heterocycles. The molecule has 2 aromatic heterocycles. The first kappa shape index (κ1) is 20.9. The number of carbonyl (C=O) groups is 2. The molecular formula is C22H22FN3O2S. The molecule has 0 aliphatic carbocycles. The van der Waals surface area contributed by atoms with Gasteiger partial charge in [0.2, 0.25) is 0 Å². The lowest BCUT2D eigenvalue weighted by molar-refractivity contribution is -0.125. The number of Topliss-reactive ketones (excluding diaryl/α,β-unsaturated/α-hetero) is 2. The van der Waals surface area contributed by atoms with E-state index in [1.165, 1.54) is 19.1 Å². The molecule has 0 N–H and O–H groups in total. The van der Waals surface area contributed by atoms with E-state index in [9.17, 15) is 14.0 Å². The Balaban J connectivity index is 1.82. The molecule has 0 bridgehead atoms. The summed E-state index contributed by atoms with van der Waals surface area (Å²) in [5.41, 5.74) is 3.50. The van der Waals surface area contributed by atoms with Crippen molar-refractivity contribution in [1.82, 2.24) is 14.5 Å². The average Bonchev–Trinajstić information content (AvgIpc) is 3.02. The summed E-state index contributed by atoms with van der Waals surface area (Å²) in [5, 5.41) is 0.815. The molecule has 0 aliphatic rings. The van der Waals surface area contributed by atoms with Crippen molar-refractivity contribution < 1.29 is 14.0 Å². The highest BCUT2D eigenvalue weighted by Gasteiger charge is 2.18. The zero-order chi connectivity index (χ0) is 20.8. The monoisotopic (exact) mass is 411 g/mol. The van der Waals surface area contributed by atoms with Crippen molar-refractivity contribution in [2.45, 2.75) is 31.3 Å². The number of nitrogens with zero attached hydrogens (tertiary/aromatic N) is 3. The molecule has 0 spiro atoms. The molecule has 0 radical (unpaired) electrons. The van der Waals surface area contributed by atoms with E-state index >= 15 is 0 Å². The molecule has 0 amide bonds. The largest absolute Gasteiger partial charge is 0.322 e. The number of carbonyl (C=O) groups excluding carboxylic acids is 2. The molecular weight excluding hydrogens is 389 g/mol. The van der Waals surface area contributed by atoms with Crippen molar-refractivity contribution in [1.29, 1.82) is 0 Å². The van der Waals surface area contributed by atoms with E-state index in [1.807, 2.05) is 23.7 Å². The zero-order valence-electron chi connectivity index (χ0n) is 16.4. The topological polar surface area (TPSA) is 64.8 Å². The van der Waals surface area contributed by atoms with E-state index in [0.717, 1.165) is 27.7 Å². The van der Waals surface area contributed by atoms with Gasteiger partial charge in [0, 0.05) is 42.7 Å². The van der Waals surface area contributed by atoms with Crippen LogP contribution in [0.2, 0.25) is 0 Å². The third kappa shape index (κ3) is 5.38. The molecule has 5 nitrogen and oxygen atoms in total. The maximum atomic E-state index is 13.4. The Bertz CT molecular complexity index is 1000. The predicted molar refractivity (Wildman–Crippen MR) is 112 cm³/mol. The SMILES string of the molecule is CC(=O)CC(=O)CCCSc1nc(-c2ccc(F)cc2)c(-c2ccncc2)n1C. The summed E-state index contributed by atoms with van der Waals surface area (Å²) in [5.74, 6) is 0.299. The van der Waals surface area contributed by atoms with Crippen molar-refractivity contribution in [3.63, 3.8) is 0 Å². The van der Waals surface area contributed by atoms with Crippen LogP contribution in [0.25, 0.3) is 22.5 Å². The molecule has 0 aliphatic heterocycles. The van der Waals surface area contributed by atoms with Gasteiger partial charge in [-0.05, 0) is 49.7 Å². The number of halogens is 1. The number of benzene rings is 1. The maximum absolute atomic E-state index is 13.4. The van der Waals surface area contributed by atoms with Crippen LogP contribution in [-0.2, 0) is 16.6 Å². The summed E-state index contributed by atoms with van der Waals surface area (Å²) >= 11 is 1.56. The first-order valence-electron chi connectivity index (χ1n) is 9.32. The van der Waals surface area contributed by atoms with Crippen LogP contribution in [0.5, 0.6) is 0 Å². The second-order valence-electron chi connectivity index (χ2n) is 6.76. The van der Waals surface area contributed by atoms with Crippen molar-refractivity contribution in [2.24, 2.45) is 7.05 Å². The lowest BCUT2D eigenvalue weighted by Crippen LogP contribution is -2.04. The van der Waals surface area contributed by atoms with Gasteiger partial charge in [-0.2, -0.15) is 0 Å². The van der Waals surface area contributed by atoms with Crippen LogP contribution in [-0.4, -0.2) is 31.9 Å². The van der Waals surface area contributed by atoms with Crippen LogP contribution >= 0.6 is 11.8 Å². The standard InChI is InChI=1S/C22H22FN3O2S/c1-15(27)14-19(28)4-3-13-29-22-25-20(16-5-7-18(23)8-6-16)21(26(22)2)17-9-11-24-12-10-17/h5-12H,3-4,13-14H2,1-2H3. The minimum absolute atomic E-state index is 0.00791. The van der Waals surface area contributed by atoms with Crippen molar-refractivity contribution in [3.05, 3.63) is 54.6 Å². The molecule has 0 saturated heterocycles. The van der Waals surface area contributed by atoms with Crippen LogP contribution in [0.3, 0.4) is 0 Å². The van der Waals surface area contributed by atoms with Crippen molar-refractivity contribution in [2.75, 3.05) is 5.75 Å². The summed E-state index contributed by atoms with van der Waals surface area (Å²) in [4.78, 5) is 31.6. The van der Waals surface area contributed by atoms with Gasteiger partial charge >= 0.3 is 0 Å². The van der Waals surface area contributed by atoms with E-state index in [2.05, 4.69) is 4.98 Å². The fourth-order valence-electron chi connectivity index (χ4n) is 3.06. The number of thioether (sulfide) groups is 1. The minimum atomic E-state index is -0.292. The van der Waals surface area contributed by atoms with Crippen LogP contribution in [0, 0.1) is 5.82 Å². The summed E-state index contributed by atoms with van der Waals surface area (Å²) in [6.07, 6.45) is 4.53. The number of hydrogen-bond donors (Lipinski definition) is 0. The maximum Gasteiger partial charge on any atom is 0.168 e. The molecule has 0 fully saturated rings. The van der Waals surface area contributed by atoms with E-state index in [-0.39, 0.29) is 23.8 Å². The van der Waals surface area contributed by atoms with Crippen LogP contribution < -0.4 is 0 Å². The molecule has 3 rings (SSSR count). The average molecular weight is 412 g/mol. The zero-order valence-corrected chi connectivity index (χ0v) is 17.2. The van der Waals surface area contributed by atoms with Crippen LogP contribution in [0.15, 0.2) is 53.9 Å². The Morgan fingerprint density at radius 3 is 2.41 bits per heavy atom. The molecule has 0 unspecified atom stereocenters. The minimum Gasteiger partial charge on any atom is -0.322 e. The highest BCUT2D eigenvalue weighted by molar-refractivity contribution is 7.99. The Hall–Kier alpha value is -2.80. The first-order valence-corrected chi connectivity index (χ1v) is 10.3. The number of rotatable bonds is 9. The highest BCUT2D eigenvalue weighted by atomic mass is 32.2. The molecule has 7 heteroatoms. The fourth-order valence-corrected chi connectivity index (χ4v) is 3.97. The molecule has 0 atom stereocenters. The Morgan fingerprint density at radius 1 is 1.07 bits per heavy atom. The van der Waals surface area contributed by atoms with Gasteiger partial charge in [0.25, 0.3) is 0 Å². The van der Waals surface area contributed by atoms with Crippen molar-refractivity contribution in [3.8, 4) is 22.5 Å². The second-order valence-corrected chi connectivity index (χ2v) is 7.82. The van der Waals surface area contributed by atoms with Gasteiger partial charge in [-0.25, -0.2) is 9.37 Å². The fraction of sp³-hybridized carbons (Fsp3) is 0.273. The number of aromatic nitrogens is 3. The summed E-state index contributed by atoms with van der Waals surface area (Å²) in [7, 11) is 1.94. The van der Waals surface area contributed by atoms with E-state index in [1.54, 1.807) is 36.3 Å². The molecule has 150 valence electrons. The van der Waals surface area contributed by atoms with E-state index in [4.69, 9.17) is 4.98 Å². The molecule has 0 saturated carbocycles. The number of imidazole rings is 1. The number of ketones is 2. The number of pyridine rings is 1. The predicted octanol–water partition coefficient (Wildman–Crippen LogP) is 4.71. The quantitative estimate of drug-likeness (QED) is 0.290. The van der Waals surface area contributed by atoms with Gasteiger partial charge in [-0.3, -0.25) is 14.6 Å².